The lowest BCUT2D eigenvalue weighted by atomic mass is 9.91. The Labute approximate surface area is 216 Å². The van der Waals surface area contributed by atoms with Crippen LogP contribution in [-0.2, 0) is 24.2 Å². The van der Waals surface area contributed by atoms with E-state index in [1.807, 2.05) is 48.5 Å². The summed E-state index contributed by atoms with van der Waals surface area (Å²) >= 11 is 6.92. The van der Waals surface area contributed by atoms with Crippen molar-refractivity contribution in [2.45, 2.75) is 38.3 Å². The minimum atomic E-state index is -0.932. The molecule has 0 radical (unpaired) electrons. The summed E-state index contributed by atoms with van der Waals surface area (Å²) in [5.41, 5.74) is 3.25. The maximum atomic E-state index is 13.4. The molecule has 0 spiro atoms. The van der Waals surface area contributed by atoms with Crippen molar-refractivity contribution < 1.29 is 19.4 Å². The zero-order valence-corrected chi connectivity index (χ0v) is 21.9. The van der Waals surface area contributed by atoms with Crippen molar-refractivity contribution in [2.75, 3.05) is 6.54 Å². The van der Waals surface area contributed by atoms with Crippen LogP contribution in [-0.4, -0.2) is 34.0 Å². The zero-order chi connectivity index (χ0) is 24.3. The maximum Gasteiger partial charge on any atom is 0.305 e. The SMILES string of the molecule is C[C@]1(Cc2ccc(Br)cc2)Cc2cc(C(=O)N(CCC(=O)O)Cc3cccc(Br)c3)ccc2O1. The molecule has 5 nitrogen and oxygen atoms in total. The Bertz CT molecular complexity index is 1210. The summed E-state index contributed by atoms with van der Waals surface area (Å²) in [7, 11) is 0. The van der Waals surface area contributed by atoms with Crippen molar-refractivity contribution in [2.24, 2.45) is 0 Å². The van der Waals surface area contributed by atoms with Crippen molar-refractivity contribution in [1.82, 2.24) is 4.90 Å². The quantitative estimate of drug-likeness (QED) is 0.338. The topological polar surface area (TPSA) is 66.8 Å². The van der Waals surface area contributed by atoms with Crippen molar-refractivity contribution in [1.29, 1.82) is 0 Å². The lowest BCUT2D eigenvalue weighted by Crippen LogP contribution is -2.33. The minimum absolute atomic E-state index is 0.112. The number of aliphatic carboxylic acids is 1. The van der Waals surface area contributed by atoms with Crippen molar-refractivity contribution in [3.05, 3.63) is 97.9 Å². The van der Waals surface area contributed by atoms with Gasteiger partial charge in [0, 0.05) is 40.4 Å². The Morgan fingerprint density at radius 3 is 2.47 bits per heavy atom. The summed E-state index contributed by atoms with van der Waals surface area (Å²) in [6, 6.07) is 21.4. The molecule has 3 aromatic rings. The second-order valence-corrected chi connectivity index (χ2v) is 10.7. The molecule has 0 aliphatic carbocycles. The van der Waals surface area contributed by atoms with E-state index in [2.05, 4.69) is 50.9 Å². The van der Waals surface area contributed by atoms with Crippen LogP contribution >= 0.6 is 31.9 Å². The fourth-order valence-corrected chi connectivity index (χ4v) is 5.02. The van der Waals surface area contributed by atoms with Gasteiger partial charge in [-0.25, -0.2) is 0 Å². The van der Waals surface area contributed by atoms with E-state index in [1.165, 1.54) is 5.56 Å². The molecule has 3 aromatic carbocycles. The number of hydrogen-bond acceptors (Lipinski definition) is 3. The average molecular weight is 587 g/mol. The Kier molecular flexibility index (Phi) is 7.43. The molecular weight excluding hydrogens is 562 g/mol. The van der Waals surface area contributed by atoms with Crippen molar-refractivity contribution in [3.63, 3.8) is 0 Å². The number of nitrogens with zero attached hydrogens (tertiary/aromatic N) is 1. The molecule has 1 aliphatic rings. The summed E-state index contributed by atoms with van der Waals surface area (Å²) in [6.07, 6.45) is 1.34. The van der Waals surface area contributed by atoms with Crippen LogP contribution in [0.4, 0.5) is 0 Å². The Balaban J connectivity index is 1.52. The van der Waals surface area contributed by atoms with E-state index in [-0.39, 0.29) is 18.9 Å². The van der Waals surface area contributed by atoms with Crippen LogP contribution in [0.15, 0.2) is 75.7 Å². The zero-order valence-electron chi connectivity index (χ0n) is 18.8. The number of carbonyl (C=O) groups is 2. The highest BCUT2D eigenvalue weighted by Gasteiger charge is 2.35. The van der Waals surface area contributed by atoms with Crippen LogP contribution in [0.3, 0.4) is 0 Å². The predicted octanol–water partition coefficient (Wildman–Crippen LogP) is 6.27. The molecule has 0 aromatic heterocycles. The third-order valence-corrected chi connectivity index (χ3v) is 6.89. The smallest absolute Gasteiger partial charge is 0.305 e. The summed E-state index contributed by atoms with van der Waals surface area (Å²) in [4.78, 5) is 26.2. The summed E-state index contributed by atoms with van der Waals surface area (Å²) in [6.45, 7) is 2.55. The highest BCUT2D eigenvalue weighted by atomic mass is 79.9. The first kappa shape index (κ1) is 24.5. The van der Waals surface area contributed by atoms with Gasteiger partial charge in [-0.2, -0.15) is 0 Å². The van der Waals surface area contributed by atoms with Gasteiger partial charge in [-0.15, -0.1) is 0 Å². The first-order valence-corrected chi connectivity index (χ1v) is 12.6. The number of halogens is 2. The second-order valence-electron chi connectivity index (χ2n) is 8.85. The minimum Gasteiger partial charge on any atom is -0.487 e. The van der Waals surface area contributed by atoms with Gasteiger partial charge in [0.25, 0.3) is 5.91 Å². The van der Waals surface area contributed by atoms with Crippen LogP contribution in [0.2, 0.25) is 0 Å². The summed E-state index contributed by atoms with van der Waals surface area (Å²) < 4.78 is 8.24. The largest absolute Gasteiger partial charge is 0.487 e. The molecule has 0 bridgehead atoms. The van der Waals surface area contributed by atoms with Gasteiger partial charge < -0.3 is 14.7 Å². The van der Waals surface area contributed by atoms with Gasteiger partial charge in [-0.3, -0.25) is 9.59 Å². The molecule has 7 heteroatoms. The molecule has 0 saturated heterocycles. The normalized spacial score (nSPS) is 16.6. The first-order chi connectivity index (χ1) is 16.2. The molecule has 4 rings (SSSR count). The van der Waals surface area contributed by atoms with E-state index in [9.17, 15) is 14.7 Å². The van der Waals surface area contributed by atoms with E-state index in [1.54, 1.807) is 11.0 Å². The average Bonchev–Trinajstić information content (AvgIpc) is 3.12. The first-order valence-electron chi connectivity index (χ1n) is 11.0. The molecule has 1 aliphatic heterocycles. The van der Waals surface area contributed by atoms with Crippen LogP contribution in [0.25, 0.3) is 0 Å². The monoisotopic (exact) mass is 585 g/mol. The standard InChI is InChI=1S/C27H25Br2NO4/c1-27(15-18-5-8-22(28)9-6-18)16-21-14-20(7-10-24(21)34-27)26(33)30(12-11-25(31)32)17-19-3-2-4-23(29)13-19/h2-10,13-14H,11-12,15-17H2,1H3,(H,31,32)/t27-/m0/s1. The van der Waals surface area contributed by atoms with Crippen LogP contribution in [0.5, 0.6) is 5.75 Å². The second kappa shape index (κ2) is 10.3. The fraction of sp³-hybridized carbons (Fsp3) is 0.259. The van der Waals surface area contributed by atoms with E-state index in [0.717, 1.165) is 32.2 Å². The molecule has 176 valence electrons. The molecule has 1 N–H and O–H groups in total. The number of carboxylic acid groups (broad SMARTS) is 1. The number of amides is 1. The van der Waals surface area contributed by atoms with E-state index in [4.69, 9.17) is 4.74 Å². The van der Waals surface area contributed by atoms with Crippen LogP contribution in [0.1, 0.15) is 40.4 Å². The van der Waals surface area contributed by atoms with Gasteiger partial charge >= 0.3 is 5.97 Å². The molecule has 0 unspecified atom stereocenters. The molecule has 1 amide bonds. The van der Waals surface area contributed by atoms with Crippen LogP contribution in [0, 0.1) is 0 Å². The molecule has 0 saturated carbocycles. The number of rotatable bonds is 8. The van der Waals surface area contributed by atoms with Crippen molar-refractivity contribution in [3.8, 4) is 5.75 Å². The van der Waals surface area contributed by atoms with Gasteiger partial charge in [0.2, 0.25) is 0 Å². The fourth-order valence-electron chi connectivity index (χ4n) is 4.31. The number of benzene rings is 3. The maximum absolute atomic E-state index is 13.4. The number of carbonyl (C=O) groups excluding carboxylic acids is 1. The third-order valence-electron chi connectivity index (χ3n) is 5.86. The number of fused-ring (bicyclic) bond motifs is 1. The van der Waals surface area contributed by atoms with E-state index in [0.29, 0.717) is 18.5 Å². The summed E-state index contributed by atoms with van der Waals surface area (Å²) in [5, 5.41) is 9.18. The number of carboxylic acids is 1. The van der Waals surface area contributed by atoms with Gasteiger partial charge in [-0.05, 0) is 66.1 Å². The Morgan fingerprint density at radius 2 is 1.76 bits per heavy atom. The molecule has 34 heavy (non-hydrogen) atoms. The Morgan fingerprint density at radius 1 is 1.00 bits per heavy atom. The van der Waals surface area contributed by atoms with Gasteiger partial charge in [-0.1, -0.05) is 56.1 Å². The highest BCUT2D eigenvalue weighted by Crippen LogP contribution is 2.38. The lowest BCUT2D eigenvalue weighted by molar-refractivity contribution is -0.137. The van der Waals surface area contributed by atoms with Crippen LogP contribution < -0.4 is 4.74 Å². The Hall–Kier alpha value is -2.64. The molecule has 0 fully saturated rings. The molecule has 1 heterocycles. The molecular formula is C27H25Br2NO4. The molecule has 1 atom stereocenters. The predicted molar refractivity (Wildman–Crippen MR) is 138 cm³/mol. The third kappa shape index (κ3) is 6.07. The van der Waals surface area contributed by atoms with E-state index >= 15 is 0 Å². The van der Waals surface area contributed by atoms with E-state index < -0.39 is 11.6 Å². The van der Waals surface area contributed by atoms with Gasteiger partial charge in [0.05, 0.1) is 6.42 Å². The van der Waals surface area contributed by atoms with Gasteiger partial charge in [0.15, 0.2) is 0 Å². The number of ether oxygens (including phenoxy) is 1. The summed E-state index contributed by atoms with van der Waals surface area (Å²) in [5.74, 6) is -0.330. The van der Waals surface area contributed by atoms with Crippen molar-refractivity contribution >= 4 is 43.7 Å². The number of hydrogen-bond donors (Lipinski definition) is 1. The highest BCUT2D eigenvalue weighted by molar-refractivity contribution is 9.10. The lowest BCUT2D eigenvalue weighted by Gasteiger charge is -2.24. The van der Waals surface area contributed by atoms with Gasteiger partial charge in [0.1, 0.15) is 11.4 Å².